The maximum absolute atomic E-state index is 6.01. The maximum Gasteiger partial charge on any atom is 0.232 e. The van der Waals surface area contributed by atoms with Crippen molar-refractivity contribution in [1.82, 2.24) is 20.8 Å². The molecule has 7 heteroatoms. The monoisotopic (exact) mass is 363 g/mol. The summed E-state index contributed by atoms with van der Waals surface area (Å²) in [6.45, 7) is 10.0. The van der Waals surface area contributed by atoms with Crippen LogP contribution in [0.15, 0.2) is 33.8 Å². The molecule has 1 aromatic heterocycles. The molecule has 25 heavy (non-hydrogen) atoms. The number of aliphatic imine (C=N–C) groups is 1. The van der Waals surface area contributed by atoms with Crippen LogP contribution in [0.1, 0.15) is 45.0 Å². The number of halogens is 1. The highest BCUT2D eigenvalue weighted by atomic mass is 35.5. The van der Waals surface area contributed by atoms with Crippen LogP contribution in [0.2, 0.25) is 5.02 Å². The normalized spacial score (nSPS) is 12.3. The molecule has 0 aliphatic heterocycles. The summed E-state index contributed by atoms with van der Waals surface area (Å²) in [7, 11) is 0. The van der Waals surface area contributed by atoms with Gasteiger partial charge < -0.3 is 15.2 Å². The molecule has 2 N–H and O–H groups in total. The highest BCUT2D eigenvalue weighted by Crippen LogP contribution is 2.19. The molecule has 2 aromatic rings. The van der Waals surface area contributed by atoms with Gasteiger partial charge in [0.25, 0.3) is 0 Å². The lowest BCUT2D eigenvalue weighted by molar-refractivity contribution is 0.318. The third kappa shape index (κ3) is 6.38. The molecule has 0 spiro atoms. The standard InChI is InChI=1S/C18H26ClN5O/c1-5-20-17(21-10-9-13-7-6-8-14(19)11-13)22-12-15-23-16(25-24-15)18(2,3)4/h6-8,11H,5,9-10,12H2,1-4H3,(H2,20,21,22). The van der Waals surface area contributed by atoms with Crippen LogP contribution in [0.5, 0.6) is 0 Å². The van der Waals surface area contributed by atoms with Crippen LogP contribution in [-0.4, -0.2) is 29.2 Å². The number of guanidine groups is 1. The number of benzene rings is 1. The molecule has 6 nitrogen and oxygen atoms in total. The lowest BCUT2D eigenvalue weighted by Gasteiger charge is -2.11. The van der Waals surface area contributed by atoms with Crippen molar-refractivity contribution in [3.8, 4) is 0 Å². The topological polar surface area (TPSA) is 75.3 Å². The molecule has 0 atom stereocenters. The van der Waals surface area contributed by atoms with Crippen LogP contribution < -0.4 is 10.6 Å². The fourth-order valence-electron chi connectivity index (χ4n) is 2.13. The summed E-state index contributed by atoms with van der Waals surface area (Å²) in [5.41, 5.74) is 1.03. The minimum absolute atomic E-state index is 0.158. The highest BCUT2D eigenvalue weighted by molar-refractivity contribution is 6.30. The second-order valence-corrected chi connectivity index (χ2v) is 7.20. The van der Waals surface area contributed by atoms with Crippen LogP contribution in [0.3, 0.4) is 0 Å². The fourth-order valence-corrected chi connectivity index (χ4v) is 2.34. The Morgan fingerprint density at radius 3 is 2.72 bits per heavy atom. The van der Waals surface area contributed by atoms with E-state index in [0.29, 0.717) is 18.3 Å². The van der Waals surface area contributed by atoms with Gasteiger partial charge in [-0.3, -0.25) is 0 Å². The fraction of sp³-hybridized carbons (Fsp3) is 0.500. The summed E-state index contributed by atoms with van der Waals surface area (Å²) in [6.07, 6.45) is 0.862. The van der Waals surface area contributed by atoms with Gasteiger partial charge in [-0.2, -0.15) is 4.98 Å². The van der Waals surface area contributed by atoms with E-state index in [4.69, 9.17) is 16.1 Å². The number of nitrogens with one attached hydrogen (secondary N) is 2. The van der Waals surface area contributed by atoms with Gasteiger partial charge in [-0.05, 0) is 31.0 Å². The molecular formula is C18H26ClN5O. The summed E-state index contributed by atoms with van der Waals surface area (Å²) in [5, 5.41) is 11.3. The van der Waals surface area contributed by atoms with Gasteiger partial charge in [-0.25, -0.2) is 4.99 Å². The van der Waals surface area contributed by atoms with Crippen LogP contribution in [0.25, 0.3) is 0 Å². The van der Waals surface area contributed by atoms with Gasteiger partial charge in [0.2, 0.25) is 5.89 Å². The van der Waals surface area contributed by atoms with Crippen molar-refractivity contribution in [3.63, 3.8) is 0 Å². The van der Waals surface area contributed by atoms with Gasteiger partial charge in [0.15, 0.2) is 11.8 Å². The Balaban J connectivity index is 1.90. The van der Waals surface area contributed by atoms with Crippen molar-refractivity contribution < 1.29 is 4.52 Å². The molecule has 0 aliphatic rings. The lowest BCUT2D eigenvalue weighted by Crippen LogP contribution is -2.38. The molecule has 0 radical (unpaired) electrons. The molecular weight excluding hydrogens is 338 g/mol. The zero-order valence-corrected chi connectivity index (χ0v) is 16.0. The maximum atomic E-state index is 6.01. The molecule has 0 amide bonds. The van der Waals surface area contributed by atoms with E-state index in [9.17, 15) is 0 Å². The minimum atomic E-state index is -0.158. The predicted octanol–water partition coefficient (Wildman–Crippen LogP) is 3.32. The van der Waals surface area contributed by atoms with E-state index in [1.54, 1.807) is 0 Å². The number of hydrogen-bond donors (Lipinski definition) is 2. The Labute approximate surface area is 154 Å². The van der Waals surface area contributed by atoms with Gasteiger partial charge in [-0.15, -0.1) is 0 Å². The SMILES string of the molecule is CCNC(=NCc1noc(C(C)(C)C)n1)NCCc1cccc(Cl)c1. The average molecular weight is 364 g/mol. The molecule has 1 aromatic carbocycles. The molecule has 0 bridgehead atoms. The first-order chi connectivity index (χ1) is 11.9. The van der Waals surface area contributed by atoms with Crippen LogP contribution in [0, 0.1) is 0 Å². The summed E-state index contributed by atoms with van der Waals surface area (Å²) in [6, 6.07) is 7.87. The predicted molar refractivity (Wildman–Crippen MR) is 101 cm³/mol. The largest absolute Gasteiger partial charge is 0.357 e. The smallest absolute Gasteiger partial charge is 0.232 e. The molecule has 0 saturated carbocycles. The van der Waals surface area contributed by atoms with Gasteiger partial charge >= 0.3 is 0 Å². The quantitative estimate of drug-likeness (QED) is 0.608. The Hall–Kier alpha value is -2.08. The van der Waals surface area contributed by atoms with Crippen LogP contribution in [0.4, 0.5) is 0 Å². The van der Waals surface area contributed by atoms with E-state index in [0.717, 1.165) is 30.5 Å². The number of nitrogens with zero attached hydrogens (tertiary/aromatic N) is 3. The summed E-state index contributed by atoms with van der Waals surface area (Å²) < 4.78 is 5.29. The number of hydrogen-bond acceptors (Lipinski definition) is 4. The Bertz CT molecular complexity index is 705. The first kappa shape index (κ1) is 19.2. The number of rotatable bonds is 6. The Morgan fingerprint density at radius 1 is 1.28 bits per heavy atom. The first-order valence-corrected chi connectivity index (χ1v) is 8.86. The molecule has 2 rings (SSSR count). The van der Waals surface area contributed by atoms with E-state index >= 15 is 0 Å². The minimum Gasteiger partial charge on any atom is -0.357 e. The Morgan fingerprint density at radius 2 is 2.08 bits per heavy atom. The summed E-state index contributed by atoms with van der Waals surface area (Å²) in [5.74, 6) is 1.93. The van der Waals surface area contributed by atoms with Crippen LogP contribution in [-0.2, 0) is 18.4 Å². The van der Waals surface area contributed by atoms with Gasteiger partial charge in [-0.1, -0.05) is 49.7 Å². The zero-order chi connectivity index (χ0) is 18.3. The third-order valence-corrected chi connectivity index (χ3v) is 3.66. The molecule has 0 unspecified atom stereocenters. The summed E-state index contributed by atoms with van der Waals surface area (Å²) >= 11 is 6.01. The van der Waals surface area contributed by atoms with E-state index in [2.05, 4.69) is 31.8 Å². The molecule has 0 aliphatic carbocycles. The molecule has 0 fully saturated rings. The Kier molecular flexibility index (Phi) is 6.82. The number of aromatic nitrogens is 2. The van der Waals surface area contributed by atoms with E-state index < -0.39 is 0 Å². The van der Waals surface area contributed by atoms with Crippen molar-refractivity contribution >= 4 is 17.6 Å². The second kappa shape index (κ2) is 8.85. The third-order valence-electron chi connectivity index (χ3n) is 3.43. The average Bonchev–Trinajstić information content (AvgIpc) is 3.02. The van der Waals surface area contributed by atoms with Crippen molar-refractivity contribution in [2.75, 3.05) is 13.1 Å². The van der Waals surface area contributed by atoms with Gasteiger partial charge in [0.1, 0.15) is 6.54 Å². The summed E-state index contributed by atoms with van der Waals surface area (Å²) in [4.78, 5) is 8.91. The zero-order valence-electron chi connectivity index (χ0n) is 15.3. The second-order valence-electron chi connectivity index (χ2n) is 6.77. The molecule has 136 valence electrons. The van der Waals surface area contributed by atoms with E-state index in [1.807, 2.05) is 45.9 Å². The molecule has 1 heterocycles. The van der Waals surface area contributed by atoms with Gasteiger partial charge in [0.05, 0.1) is 0 Å². The lowest BCUT2D eigenvalue weighted by atomic mass is 9.97. The van der Waals surface area contributed by atoms with Gasteiger partial charge in [0, 0.05) is 23.5 Å². The van der Waals surface area contributed by atoms with E-state index in [1.165, 1.54) is 5.56 Å². The van der Waals surface area contributed by atoms with Crippen molar-refractivity contribution in [2.24, 2.45) is 4.99 Å². The highest BCUT2D eigenvalue weighted by Gasteiger charge is 2.21. The molecule has 0 saturated heterocycles. The van der Waals surface area contributed by atoms with Crippen molar-refractivity contribution in [2.45, 2.75) is 46.1 Å². The van der Waals surface area contributed by atoms with Crippen molar-refractivity contribution in [1.29, 1.82) is 0 Å². The first-order valence-electron chi connectivity index (χ1n) is 8.48. The van der Waals surface area contributed by atoms with E-state index in [-0.39, 0.29) is 5.41 Å². The van der Waals surface area contributed by atoms with Crippen LogP contribution >= 0.6 is 11.6 Å². The van der Waals surface area contributed by atoms with Crippen molar-refractivity contribution in [3.05, 3.63) is 46.6 Å².